The fourth-order valence-corrected chi connectivity index (χ4v) is 3.51. The van der Waals surface area contributed by atoms with Gasteiger partial charge in [0, 0.05) is 12.5 Å². The van der Waals surface area contributed by atoms with Crippen molar-refractivity contribution >= 4 is 17.6 Å². The third-order valence-corrected chi connectivity index (χ3v) is 5.30. The van der Waals surface area contributed by atoms with Crippen LogP contribution in [0.3, 0.4) is 0 Å². The highest BCUT2D eigenvalue weighted by Crippen LogP contribution is 2.30. The zero-order valence-electron chi connectivity index (χ0n) is 19.7. The first-order valence-electron chi connectivity index (χ1n) is 11.7. The van der Waals surface area contributed by atoms with Crippen LogP contribution in [0.25, 0.3) is 0 Å². The Balaban J connectivity index is 1.44. The van der Waals surface area contributed by atoms with Crippen LogP contribution in [0.4, 0.5) is 0 Å². The van der Waals surface area contributed by atoms with Gasteiger partial charge in [0.15, 0.2) is 0 Å². The van der Waals surface area contributed by atoms with Gasteiger partial charge in [0.1, 0.15) is 28.7 Å². The lowest BCUT2D eigenvalue weighted by molar-refractivity contribution is -0.134. The minimum atomic E-state index is -0.301. The molecular formula is C28H31ClO5. The van der Waals surface area contributed by atoms with Gasteiger partial charge in [0.2, 0.25) is 0 Å². The SMILES string of the molecule is CCCc1cc(Oc2ccccc2)ccc1OCCCCOc1ccc(OC(=O)CC)cc1Cl. The first-order valence-corrected chi connectivity index (χ1v) is 12.1. The first-order chi connectivity index (χ1) is 16.6. The van der Waals surface area contributed by atoms with E-state index in [1.54, 1.807) is 25.1 Å². The molecule has 34 heavy (non-hydrogen) atoms. The number of rotatable bonds is 13. The number of halogens is 1. The number of hydrogen-bond donors (Lipinski definition) is 0. The van der Waals surface area contributed by atoms with Crippen molar-refractivity contribution in [1.82, 2.24) is 0 Å². The number of ether oxygens (including phenoxy) is 4. The second kappa shape index (κ2) is 13.5. The van der Waals surface area contributed by atoms with Gasteiger partial charge in [-0.25, -0.2) is 0 Å². The predicted molar refractivity (Wildman–Crippen MR) is 135 cm³/mol. The molecular weight excluding hydrogens is 452 g/mol. The van der Waals surface area contributed by atoms with Crippen LogP contribution in [0, 0.1) is 0 Å². The average Bonchev–Trinajstić information content (AvgIpc) is 2.84. The van der Waals surface area contributed by atoms with Crippen molar-refractivity contribution in [3.05, 3.63) is 77.3 Å². The number of para-hydroxylation sites is 1. The van der Waals surface area contributed by atoms with Gasteiger partial charge in [0.25, 0.3) is 0 Å². The molecule has 0 fully saturated rings. The van der Waals surface area contributed by atoms with Gasteiger partial charge >= 0.3 is 5.97 Å². The van der Waals surface area contributed by atoms with Gasteiger partial charge in [-0.2, -0.15) is 0 Å². The third-order valence-electron chi connectivity index (χ3n) is 5.01. The molecule has 0 saturated heterocycles. The maximum Gasteiger partial charge on any atom is 0.310 e. The molecule has 0 bridgehead atoms. The van der Waals surface area contributed by atoms with E-state index in [1.165, 1.54) is 0 Å². The quantitative estimate of drug-likeness (QED) is 0.142. The summed E-state index contributed by atoms with van der Waals surface area (Å²) in [7, 11) is 0. The summed E-state index contributed by atoms with van der Waals surface area (Å²) in [5.74, 6) is 3.20. The van der Waals surface area contributed by atoms with Crippen molar-refractivity contribution in [2.45, 2.75) is 46.0 Å². The van der Waals surface area contributed by atoms with Crippen molar-refractivity contribution in [3.8, 4) is 28.7 Å². The highest BCUT2D eigenvalue weighted by atomic mass is 35.5. The molecule has 0 amide bonds. The van der Waals surface area contributed by atoms with E-state index in [0.29, 0.717) is 36.2 Å². The Kier molecular flexibility index (Phi) is 10.1. The maximum atomic E-state index is 11.4. The Labute approximate surface area is 206 Å². The average molecular weight is 483 g/mol. The Morgan fingerprint density at radius 3 is 2.15 bits per heavy atom. The first kappa shape index (κ1) is 25.4. The third kappa shape index (κ3) is 7.99. The minimum Gasteiger partial charge on any atom is -0.493 e. The largest absolute Gasteiger partial charge is 0.493 e. The topological polar surface area (TPSA) is 54.0 Å². The molecule has 0 aliphatic rings. The lowest BCUT2D eigenvalue weighted by Gasteiger charge is -2.14. The number of aryl methyl sites for hydroxylation is 1. The zero-order chi connectivity index (χ0) is 24.2. The number of unbranched alkanes of at least 4 members (excludes halogenated alkanes) is 1. The van der Waals surface area contributed by atoms with Crippen molar-refractivity contribution < 1.29 is 23.7 Å². The van der Waals surface area contributed by atoms with Gasteiger partial charge in [-0.05, 0) is 67.3 Å². The molecule has 3 aromatic carbocycles. The minimum absolute atomic E-state index is 0.301. The molecule has 0 heterocycles. The summed E-state index contributed by atoms with van der Waals surface area (Å²) in [6.45, 7) is 5.00. The van der Waals surface area contributed by atoms with Crippen LogP contribution in [0.2, 0.25) is 5.02 Å². The van der Waals surface area contributed by atoms with Crippen LogP contribution < -0.4 is 18.9 Å². The fourth-order valence-electron chi connectivity index (χ4n) is 3.28. The summed E-state index contributed by atoms with van der Waals surface area (Å²) in [5.41, 5.74) is 1.14. The molecule has 6 heteroatoms. The van der Waals surface area contributed by atoms with E-state index in [-0.39, 0.29) is 5.97 Å². The highest BCUT2D eigenvalue weighted by molar-refractivity contribution is 6.32. The second-order valence-electron chi connectivity index (χ2n) is 7.76. The van der Waals surface area contributed by atoms with Crippen LogP contribution in [0.1, 0.15) is 45.1 Å². The van der Waals surface area contributed by atoms with Crippen LogP contribution in [0.15, 0.2) is 66.7 Å². The van der Waals surface area contributed by atoms with Gasteiger partial charge in [0.05, 0.1) is 18.2 Å². The second-order valence-corrected chi connectivity index (χ2v) is 8.17. The van der Waals surface area contributed by atoms with Gasteiger partial charge in [-0.3, -0.25) is 4.79 Å². The van der Waals surface area contributed by atoms with E-state index < -0.39 is 0 Å². The van der Waals surface area contributed by atoms with Gasteiger partial charge in [-0.15, -0.1) is 0 Å². The molecule has 0 aliphatic heterocycles. The molecule has 0 aromatic heterocycles. The van der Waals surface area contributed by atoms with Crippen LogP contribution in [-0.2, 0) is 11.2 Å². The van der Waals surface area contributed by atoms with Crippen molar-refractivity contribution in [1.29, 1.82) is 0 Å². The molecule has 0 radical (unpaired) electrons. The number of esters is 1. The smallest absolute Gasteiger partial charge is 0.310 e. The molecule has 0 atom stereocenters. The van der Waals surface area contributed by atoms with E-state index in [0.717, 1.165) is 48.5 Å². The number of carbonyl (C=O) groups is 1. The Morgan fingerprint density at radius 2 is 1.47 bits per heavy atom. The van der Waals surface area contributed by atoms with E-state index in [1.807, 2.05) is 42.5 Å². The Morgan fingerprint density at radius 1 is 0.794 bits per heavy atom. The number of carbonyl (C=O) groups excluding carboxylic acids is 1. The summed E-state index contributed by atoms with van der Waals surface area (Å²) < 4.78 is 22.9. The Bertz CT molecular complexity index is 1050. The van der Waals surface area contributed by atoms with Gasteiger partial charge < -0.3 is 18.9 Å². The summed E-state index contributed by atoms with van der Waals surface area (Å²) in [4.78, 5) is 11.4. The van der Waals surface area contributed by atoms with E-state index in [2.05, 4.69) is 13.0 Å². The van der Waals surface area contributed by atoms with Crippen molar-refractivity contribution in [2.75, 3.05) is 13.2 Å². The molecule has 0 unspecified atom stereocenters. The summed E-state index contributed by atoms with van der Waals surface area (Å²) in [6.07, 6.45) is 3.92. The summed E-state index contributed by atoms with van der Waals surface area (Å²) in [6, 6.07) is 20.7. The van der Waals surface area contributed by atoms with Crippen LogP contribution in [-0.4, -0.2) is 19.2 Å². The van der Waals surface area contributed by atoms with E-state index in [9.17, 15) is 4.79 Å². The monoisotopic (exact) mass is 482 g/mol. The summed E-state index contributed by atoms with van der Waals surface area (Å²) in [5, 5.41) is 0.416. The lowest BCUT2D eigenvalue weighted by atomic mass is 10.1. The molecule has 0 N–H and O–H groups in total. The number of hydrogen-bond acceptors (Lipinski definition) is 5. The molecule has 0 saturated carbocycles. The number of benzene rings is 3. The molecule has 3 aromatic rings. The maximum absolute atomic E-state index is 11.4. The van der Waals surface area contributed by atoms with Crippen LogP contribution >= 0.6 is 11.6 Å². The standard InChI is InChI=1S/C28H31ClO5/c1-3-10-21-19-23(33-22-11-6-5-7-12-22)13-15-26(21)31-17-8-9-18-32-27-16-14-24(20-25(27)29)34-28(30)4-2/h5-7,11-16,19-20H,3-4,8-10,17-18H2,1-2H3. The van der Waals surface area contributed by atoms with Crippen LogP contribution in [0.5, 0.6) is 28.7 Å². The fraction of sp³-hybridized carbons (Fsp3) is 0.321. The molecule has 0 spiro atoms. The summed E-state index contributed by atoms with van der Waals surface area (Å²) >= 11 is 6.24. The normalized spacial score (nSPS) is 10.6. The Hall–Kier alpha value is -3.18. The lowest BCUT2D eigenvalue weighted by Crippen LogP contribution is -2.06. The molecule has 0 aliphatic carbocycles. The molecule has 3 rings (SSSR count). The highest BCUT2D eigenvalue weighted by Gasteiger charge is 2.09. The van der Waals surface area contributed by atoms with E-state index in [4.69, 9.17) is 30.5 Å². The van der Waals surface area contributed by atoms with Crippen molar-refractivity contribution in [3.63, 3.8) is 0 Å². The van der Waals surface area contributed by atoms with Gasteiger partial charge in [-0.1, -0.05) is 50.1 Å². The van der Waals surface area contributed by atoms with E-state index >= 15 is 0 Å². The molecule has 180 valence electrons. The molecule has 5 nitrogen and oxygen atoms in total. The van der Waals surface area contributed by atoms with Crippen molar-refractivity contribution in [2.24, 2.45) is 0 Å². The predicted octanol–water partition coefficient (Wildman–Crippen LogP) is 7.64. The zero-order valence-corrected chi connectivity index (χ0v) is 20.5.